The van der Waals surface area contributed by atoms with E-state index in [9.17, 15) is 9.59 Å². The third-order valence-electron chi connectivity index (χ3n) is 6.77. The van der Waals surface area contributed by atoms with Crippen LogP contribution in [0.15, 0.2) is 36.4 Å². The molecular formula is C21H21N3O3. The van der Waals surface area contributed by atoms with E-state index >= 15 is 0 Å². The van der Waals surface area contributed by atoms with Gasteiger partial charge in [0, 0.05) is 48.7 Å². The van der Waals surface area contributed by atoms with E-state index in [1.807, 2.05) is 29.2 Å². The SMILES string of the molecule is CN1C[C@]23C=C[C@H](O2)[C@H](C(=O)N2CCc4[nH]c5ccccc5c4C2)[C@@H]3C1=O. The highest BCUT2D eigenvalue weighted by Crippen LogP contribution is 2.52. The zero-order chi connectivity index (χ0) is 18.3. The van der Waals surface area contributed by atoms with Gasteiger partial charge in [0.1, 0.15) is 5.60 Å². The highest BCUT2D eigenvalue weighted by Gasteiger charge is 2.66. The molecule has 0 aliphatic carbocycles. The minimum Gasteiger partial charge on any atom is -0.360 e. The number of hydrogen-bond acceptors (Lipinski definition) is 3. The molecule has 2 saturated heterocycles. The number of aromatic nitrogens is 1. The van der Waals surface area contributed by atoms with Crippen molar-refractivity contribution in [3.63, 3.8) is 0 Å². The number of fused-ring (bicyclic) bond motifs is 4. The third-order valence-corrected chi connectivity index (χ3v) is 6.77. The summed E-state index contributed by atoms with van der Waals surface area (Å²) in [4.78, 5) is 33.3. The van der Waals surface area contributed by atoms with Crippen LogP contribution in [0.1, 0.15) is 11.3 Å². The molecular weight excluding hydrogens is 342 g/mol. The zero-order valence-corrected chi connectivity index (χ0v) is 15.1. The standard InChI is InChI=1S/C21H21N3O3/c1-23-11-21-8-6-16(27-21)17(18(21)20(23)26)19(25)24-9-7-15-13(10-24)12-4-2-3-5-14(12)22-15/h2-6,8,16-18,22H,7,9-11H2,1H3/t16-,17-,18+,21-/m0/s1. The molecule has 2 bridgehead atoms. The first-order chi connectivity index (χ1) is 13.1. The lowest BCUT2D eigenvalue weighted by Gasteiger charge is -2.32. The second kappa shape index (κ2) is 5.01. The normalized spacial score (nSPS) is 33.8. The van der Waals surface area contributed by atoms with E-state index in [0.717, 1.165) is 11.9 Å². The van der Waals surface area contributed by atoms with E-state index in [2.05, 4.69) is 17.1 Å². The van der Waals surface area contributed by atoms with Gasteiger partial charge in [-0.15, -0.1) is 0 Å². The van der Waals surface area contributed by atoms with Crippen LogP contribution < -0.4 is 0 Å². The van der Waals surface area contributed by atoms with Crippen LogP contribution in [0.3, 0.4) is 0 Å². The minimum atomic E-state index is -0.599. The van der Waals surface area contributed by atoms with Crippen molar-refractivity contribution in [1.29, 1.82) is 0 Å². The number of amides is 2. The molecule has 1 aromatic carbocycles. The summed E-state index contributed by atoms with van der Waals surface area (Å²) in [5.41, 5.74) is 2.94. The number of hydrogen-bond donors (Lipinski definition) is 1. The molecule has 6 rings (SSSR count). The van der Waals surface area contributed by atoms with Crippen LogP contribution in [0.5, 0.6) is 0 Å². The predicted octanol–water partition coefficient (Wildman–Crippen LogP) is 1.46. The molecule has 5 heterocycles. The number of rotatable bonds is 1. The molecule has 0 saturated carbocycles. The number of nitrogens with one attached hydrogen (secondary N) is 1. The fraction of sp³-hybridized carbons (Fsp3) is 0.429. The van der Waals surface area contributed by atoms with E-state index < -0.39 is 11.5 Å². The van der Waals surface area contributed by atoms with Gasteiger partial charge in [-0.3, -0.25) is 9.59 Å². The van der Waals surface area contributed by atoms with Crippen LogP contribution >= 0.6 is 0 Å². The Bertz CT molecular complexity index is 1020. The molecule has 1 N–H and O–H groups in total. The first kappa shape index (κ1) is 15.5. The lowest BCUT2D eigenvalue weighted by Crippen LogP contribution is -2.47. The van der Waals surface area contributed by atoms with Crippen LogP contribution in [0.4, 0.5) is 0 Å². The van der Waals surface area contributed by atoms with Crippen molar-refractivity contribution < 1.29 is 14.3 Å². The summed E-state index contributed by atoms with van der Waals surface area (Å²) in [5.74, 6) is -0.700. The summed E-state index contributed by atoms with van der Waals surface area (Å²) in [6.07, 6.45) is 4.52. The van der Waals surface area contributed by atoms with E-state index in [1.54, 1.807) is 11.9 Å². The fourth-order valence-corrected chi connectivity index (χ4v) is 5.54. The lowest BCUT2D eigenvalue weighted by molar-refractivity contribution is -0.143. The Morgan fingerprint density at radius 2 is 2.19 bits per heavy atom. The molecule has 138 valence electrons. The summed E-state index contributed by atoms with van der Waals surface area (Å²) >= 11 is 0. The molecule has 2 aromatic rings. The van der Waals surface area contributed by atoms with Gasteiger partial charge in [-0.2, -0.15) is 0 Å². The topological polar surface area (TPSA) is 65.6 Å². The van der Waals surface area contributed by atoms with Crippen molar-refractivity contribution in [2.45, 2.75) is 24.7 Å². The zero-order valence-electron chi connectivity index (χ0n) is 15.1. The van der Waals surface area contributed by atoms with Gasteiger partial charge in [0.2, 0.25) is 11.8 Å². The Balaban J connectivity index is 1.34. The molecule has 27 heavy (non-hydrogen) atoms. The maximum absolute atomic E-state index is 13.5. The average molecular weight is 363 g/mol. The minimum absolute atomic E-state index is 0.0324. The van der Waals surface area contributed by atoms with Crippen molar-refractivity contribution in [1.82, 2.24) is 14.8 Å². The Kier molecular flexibility index (Phi) is 2.87. The Hall–Kier alpha value is -2.60. The number of para-hydroxylation sites is 1. The van der Waals surface area contributed by atoms with Gasteiger partial charge in [0.05, 0.1) is 24.5 Å². The van der Waals surface area contributed by atoms with Crippen molar-refractivity contribution in [3.8, 4) is 0 Å². The maximum atomic E-state index is 13.5. The molecule has 4 aliphatic heterocycles. The highest BCUT2D eigenvalue weighted by molar-refractivity contribution is 5.93. The average Bonchev–Trinajstić information content (AvgIpc) is 3.39. The summed E-state index contributed by atoms with van der Waals surface area (Å²) in [5, 5.41) is 1.18. The maximum Gasteiger partial charge on any atom is 0.229 e. The smallest absolute Gasteiger partial charge is 0.229 e. The summed E-state index contributed by atoms with van der Waals surface area (Å²) in [6.45, 7) is 1.81. The van der Waals surface area contributed by atoms with Crippen molar-refractivity contribution >= 4 is 22.7 Å². The Morgan fingerprint density at radius 1 is 1.33 bits per heavy atom. The molecule has 2 amide bonds. The van der Waals surface area contributed by atoms with Gasteiger partial charge in [-0.05, 0) is 6.07 Å². The van der Waals surface area contributed by atoms with E-state index in [1.165, 1.54) is 16.6 Å². The summed E-state index contributed by atoms with van der Waals surface area (Å²) in [7, 11) is 1.79. The molecule has 0 radical (unpaired) electrons. The van der Waals surface area contributed by atoms with Crippen LogP contribution in [-0.4, -0.2) is 58.4 Å². The second-order valence-corrected chi connectivity index (χ2v) is 8.23. The highest BCUT2D eigenvalue weighted by atomic mass is 16.5. The van der Waals surface area contributed by atoms with Gasteiger partial charge in [0.15, 0.2) is 0 Å². The van der Waals surface area contributed by atoms with Crippen molar-refractivity contribution in [2.75, 3.05) is 20.1 Å². The van der Waals surface area contributed by atoms with Gasteiger partial charge in [0.25, 0.3) is 0 Å². The molecule has 4 atom stereocenters. The molecule has 6 heteroatoms. The number of likely N-dealkylation sites (N-methyl/N-ethyl adjacent to an activating group) is 1. The number of carbonyl (C=O) groups excluding carboxylic acids is 2. The van der Waals surface area contributed by atoms with Gasteiger partial charge >= 0.3 is 0 Å². The number of aromatic amines is 1. The van der Waals surface area contributed by atoms with E-state index in [-0.39, 0.29) is 23.8 Å². The van der Waals surface area contributed by atoms with Crippen LogP contribution in [-0.2, 0) is 27.3 Å². The molecule has 0 unspecified atom stereocenters. The second-order valence-electron chi connectivity index (χ2n) is 8.23. The molecule has 1 aromatic heterocycles. The quantitative estimate of drug-likeness (QED) is 0.781. The first-order valence-corrected chi connectivity index (χ1v) is 9.57. The number of carbonyl (C=O) groups is 2. The van der Waals surface area contributed by atoms with Gasteiger partial charge < -0.3 is 19.5 Å². The Labute approximate surface area is 156 Å². The number of nitrogens with zero attached hydrogens (tertiary/aromatic N) is 2. The number of likely N-dealkylation sites (tertiary alicyclic amines) is 1. The summed E-state index contributed by atoms with van der Waals surface area (Å²) in [6, 6.07) is 8.23. The van der Waals surface area contributed by atoms with Crippen LogP contribution in [0.25, 0.3) is 10.9 Å². The number of H-pyrrole nitrogens is 1. The van der Waals surface area contributed by atoms with Crippen LogP contribution in [0, 0.1) is 11.8 Å². The summed E-state index contributed by atoms with van der Waals surface area (Å²) < 4.78 is 6.15. The number of benzene rings is 1. The monoisotopic (exact) mass is 363 g/mol. The number of ether oxygens (including phenoxy) is 1. The molecule has 4 aliphatic rings. The van der Waals surface area contributed by atoms with Gasteiger partial charge in [-0.1, -0.05) is 30.4 Å². The van der Waals surface area contributed by atoms with E-state index in [4.69, 9.17) is 4.74 Å². The van der Waals surface area contributed by atoms with Crippen LogP contribution in [0.2, 0.25) is 0 Å². The predicted molar refractivity (Wildman–Crippen MR) is 98.8 cm³/mol. The fourth-order valence-electron chi connectivity index (χ4n) is 5.54. The molecule has 1 spiro atoms. The van der Waals surface area contributed by atoms with Gasteiger partial charge in [-0.25, -0.2) is 0 Å². The van der Waals surface area contributed by atoms with Crippen molar-refractivity contribution in [2.24, 2.45) is 11.8 Å². The van der Waals surface area contributed by atoms with Crippen molar-refractivity contribution in [3.05, 3.63) is 47.7 Å². The first-order valence-electron chi connectivity index (χ1n) is 9.57. The Morgan fingerprint density at radius 3 is 3.07 bits per heavy atom. The van der Waals surface area contributed by atoms with E-state index in [0.29, 0.717) is 19.6 Å². The molecule has 6 nitrogen and oxygen atoms in total. The third kappa shape index (κ3) is 1.88. The lowest BCUT2D eigenvalue weighted by atomic mass is 9.76. The largest absolute Gasteiger partial charge is 0.360 e. The molecule has 2 fully saturated rings.